The molecule has 5 nitrogen and oxygen atoms in total. The Bertz CT molecular complexity index is 919. The summed E-state index contributed by atoms with van der Waals surface area (Å²) in [6.07, 6.45) is 22.2. The van der Waals surface area contributed by atoms with E-state index in [1.807, 2.05) is 24.3 Å². The van der Waals surface area contributed by atoms with Crippen LogP contribution >= 0.6 is 0 Å². The quantitative estimate of drug-likeness (QED) is 0.0810. The molecule has 0 amide bonds. The highest BCUT2D eigenvalue weighted by atomic mass is 16.5. The van der Waals surface area contributed by atoms with Crippen molar-refractivity contribution >= 4 is 23.7 Å². The molecule has 0 radical (unpaired) electrons. The molecule has 2 aromatic carbocycles. The minimum absolute atomic E-state index is 0.147. The molecule has 0 bridgehead atoms. The highest BCUT2D eigenvalue weighted by Crippen LogP contribution is 2.15. The number of carboxylic acid groups (broad SMARTS) is 1. The molecule has 2 aromatic rings. The van der Waals surface area contributed by atoms with Crippen molar-refractivity contribution in [1.29, 1.82) is 0 Å². The second-order valence-corrected chi connectivity index (χ2v) is 9.73. The Kier molecular flexibility index (Phi) is 15.6. The molecule has 37 heavy (non-hydrogen) atoms. The van der Waals surface area contributed by atoms with Crippen LogP contribution in [-0.2, 0) is 4.79 Å². The molecule has 0 atom stereocenters. The SMILES string of the molecule is CCCCCCCCCCCCCCCCNc1ccc(/C=C/C(=O)Oc2ccc(C(=O)O)cc2)cc1. The lowest BCUT2D eigenvalue weighted by molar-refractivity contribution is -0.128. The predicted octanol–water partition coefficient (Wildman–Crippen LogP) is 8.90. The highest BCUT2D eigenvalue weighted by molar-refractivity contribution is 5.89. The monoisotopic (exact) mass is 507 g/mol. The van der Waals surface area contributed by atoms with Gasteiger partial charge in [0.2, 0.25) is 0 Å². The minimum atomic E-state index is -1.02. The zero-order valence-electron chi connectivity index (χ0n) is 22.6. The Hall–Kier alpha value is -3.08. The van der Waals surface area contributed by atoms with Crippen LogP contribution in [-0.4, -0.2) is 23.6 Å². The van der Waals surface area contributed by atoms with Gasteiger partial charge in [-0.05, 0) is 54.5 Å². The average molecular weight is 508 g/mol. The summed E-state index contributed by atoms with van der Waals surface area (Å²) < 4.78 is 5.20. The van der Waals surface area contributed by atoms with Gasteiger partial charge in [0.15, 0.2) is 0 Å². The number of carboxylic acids is 1. The third kappa shape index (κ3) is 14.3. The van der Waals surface area contributed by atoms with E-state index < -0.39 is 11.9 Å². The van der Waals surface area contributed by atoms with Crippen molar-refractivity contribution in [3.8, 4) is 5.75 Å². The topological polar surface area (TPSA) is 75.6 Å². The van der Waals surface area contributed by atoms with Crippen molar-refractivity contribution in [3.05, 3.63) is 65.7 Å². The number of hydrogen-bond donors (Lipinski definition) is 2. The maximum atomic E-state index is 12.0. The van der Waals surface area contributed by atoms with Crippen molar-refractivity contribution < 1.29 is 19.4 Å². The van der Waals surface area contributed by atoms with E-state index in [9.17, 15) is 9.59 Å². The number of benzene rings is 2. The van der Waals surface area contributed by atoms with Gasteiger partial charge in [-0.2, -0.15) is 0 Å². The lowest BCUT2D eigenvalue weighted by Gasteiger charge is -2.07. The van der Waals surface area contributed by atoms with Crippen molar-refractivity contribution in [2.24, 2.45) is 0 Å². The first kappa shape index (κ1) is 30.1. The van der Waals surface area contributed by atoms with Crippen molar-refractivity contribution in [3.63, 3.8) is 0 Å². The van der Waals surface area contributed by atoms with Gasteiger partial charge in [0.05, 0.1) is 5.56 Å². The molecule has 5 heteroatoms. The number of aromatic carboxylic acids is 1. The normalized spacial score (nSPS) is 11.1. The molecule has 0 aliphatic carbocycles. The third-order valence-electron chi connectivity index (χ3n) is 6.50. The number of rotatable bonds is 20. The number of ether oxygens (including phenoxy) is 1. The molecular formula is C32H45NO4. The average Bonchev–Trinajstić information content (AvgIpc) is 2.90. The predicted molar refractivity (Wildman–Crippen MR) is 153 cm³/mol. The van der Waals surface area contributed by atoms with Gasteiger partial charge in [-0.1, -0.05) is 103 Å². The molecule has 2 rings (SSSR count). The number of hydrogen-bond acceptors (Lipinski definition) is 4. The summed E-state index contributed by atoms with van der Waals surface area (Å²) in [5.41, 5.74) is 2.13. The lowest BCUT2D eigenvalue weighted by atomic mass is 10.0. The number of unbranched alkanes of at least 4 members (excludes halogenated alkanes) is 13. The van der Waals surface area contributed by atoms with Gasteiger partial charge in [0.25, 0.3) is 0 Å². The standard InChI is InChI=1S/C32H45NO4/c1-2-3-4-5-6-7-8-9-10-11-12-13-14-15-26-33-29-21-16-27(17-22-29)18-25-31(34)37-30-23-19-28(20-24-30)32(35)36/h16-25,33H,2-15,26H2,1H3,(H,35,36)/b25-18+. The second-order valence-electron chi connectivity index (χ2n) is 9.73. The Morgan fingerprint density at radius 2 is 1.24 bits per heavy atom. The van der Waals surface area contributed by atoms with Crippen LogP contribution in [0.15, 0.2) is 54.6 Å². The highest BCUT2D eigenvalue weighted by Gasteiger charge is 2.04. The van der Waals surface area contributed by atoms with E-state index in [0.29, 0.717) is 5.75 Å². The zero-order valence-corrected chi connectivity index (χ0v) is 22.6. The fraction of sp³-hybridized carbons (Fsp3) is 0.500. The number of anilines is 1. The lowest BCUT2D eigenvalue weighted by Crippen LogP contribution is -2.04. The van der Waals surface area contributed by atoms with E-state index in [2.05, 4.69) is 12.2 Å². The van der Waals surface area contributed by atoms with Gasteiger partial charge in [-0.15, -0.1) is 0 Å². The second kappa shape index (κ2) is 19.1. The van der Waals surface area contributed by atoms with E-state index in [1.165, 1.54) is 120 Å². The summed E-state index contributed by atoms with van der Waals surface area (Å²) in [7, 11) is 0. The fourth-order valence-corrected chi connectivity index (χ4v) is 4.24. The van der Waals surface area contributed by atoms with Gasteiger partial charge < -0.3 is 15.2 Å². The van der Waals surface area contributed by atoms with Gasteiger partial charge in [-0.25, -0.2) is 9.59 Å². The van der Waals surface area contributed by atoms with Crippen molar-refractivity contribution in [1.82, 2.24) is 0 Å². The third-order valence-corrected chi connectivity index (χ3v) is 6.50. The Morgan fingerprint density at radius 1 is 0.730 bits per heavy atom. The molecule has 0 spiro atoms. The molecule has 0 saturated heterocycles. The van der Waals surface area contributed by atoms with Crippen LogP contribution in [0.25, 0.3) is 6.08 Å². The number of carbonyl (C=O) groups excluding carboxylic acids is 1. The molecule has 0 heterocycles. The van der Waals surface area contributed by atoms with Gasteiger partial charge in [-0.3, -0.25) is 0 Å². The summed E-state index contributed by atoms with van der Waals surface area (Å²) >= 11 is 0. The van der Waals surface area contributed by atoms with Crippen LogP contribution in [0.2, 0.25) is 0 Å². The zero-order chi connectivity index (χ0) is 26.6. The molecule has 0 aliphatic rings. The molecule has 0 fully saturated rings. The smallest absolute Gasteiger partial charge is 0.336 e. The molecule has 0 aromatic heterocycles. The number of nitrogens with one attached hydrogen (secondary N) is 1. The van der Waals surface area contributed by atoms with Gasteiger partial charge in [0.1, 0.15) is 5.75 Å². The van der Waals surface area contributed by atoms with Crippen molar-refractivity contribution in [2.75, 3.05) is 11.9 Å². The summed E-state index contributed by atoms with van der Waals surface area (Å²) in [5, 5.41) is 12.4. The summed E-state index contributed by atoms with van der Waals surface area (Å²) in [4.78, 5) is 22.9. The maximum absolute atomic E-state index is 12.0. The molecule has 0 saturated carbocycles. The largest absolute Gasteiger partial charge is 0.478 e. The maximum Gasteiger partial charge on any atom is 0.336 e. The first-order valence-electron chi connectivity index (χ1n) is 14.2. The van der Waals surface area contributed by atoms with Crippen LogP contribution in [0, 0.1) is 0 Å². The van der Waals surface area contributed by atoms with Crippen LogP contribution in [0.5, 0.6) is 5.75 Å². The summed E-state index contributed by atoms with van der Waals surface area (Å²) in [6.45, 7) is 3.25. The van der Waals surface area contributed by atoms with Crippen LogP contribution in [0.4, 0.5) is 5.69 Å². The molecule has 0 aliphatic heterocycles. The van der Waals surface area contributed by atoms with Crippen LogP contribution in [0.1, 0.15) is 113 Å². The van der Waals surface area contributed by atoms with Gasteiger partial charge >= 0.3 is 11.9 Å². The van der Waals surface area contributed by atoms with E-state index in [0.717, 1.165) is 17.8 Å². The molecule has 0 unspecified atom stereocenters. The molecule has 202 valence electrons. The summed E-state index contributed by atoms with van der Waals surface area (Å²) in [5.74, 6) is -1.22. The first-order chi connectivity index (χ1) is 18.1. The number of esters is 1. The van der Waals surface area contributed by atoms with Crippen LogP contribution < -0.4 is 10.1 Å². The Labute approximate surface area is 223 Å². The Morgan fingerprint density at radius 3 is 1.76 bits per heavy atom. The number of carbonyl (C=O) groups is 2. The van der Waals surface area contributed by atoms with E-state index >= 15 is 0 Å². The van der Waals surface area contributed by atoms with E-state index in [1.54, 1.807) is 6.08 Å². The van der Waals surface area contributed by atoms with Crippen LogP contribution in [0.3, 0.4) is 0 Å². The first-order valence-corrected chi connectivity index (χ1v) is 14.2. The van der Waals surface area contributed by atoms with E-state index in [-0.39, 0.29) is 5.56 Å². The summed E-state index contributed by atoms with van der Waals surface area (Å²) in [6, 6.07) is 13.7. The fourth-order valence-electron chi connectivity index (χ4n) is 4.24. The minimum Gasteiger partial charge on any atom is -0.478 e. The van der Waals surface area contributed by atoms with Crippen molar-refractivity contribution in [2.45, 2.75) is 96.8 Å². The molecule has 2 N–H and O–H groups in total. The van der Waals surface area contributed by atoms with E-state index in [4.69, 9.17) is 9.84 Å². The Balaban J connectivity index is 1.49. The molecular weight excluding hydrogens is 462 g/mol. The van der Waals surface area contributed by atoms with Gasteiger partial charge in [0, 0.05) is 18.3 Å².